The largest absolute Gasteiger partial charge is 0.468 e. The van der Waals surface area contributed by atoms with E-state index in [9.17, 15) is 31.1 Å². The van der Waals surface area contributed by atoms with Gasteiger partial charge in [0.25, 0.3) is 11.7 Å². The summed E-state index contributed by atoms with van der Waals surface area (Å²) in [5, 5.41) is 5.08. The second-order valence-corrected chi connectivity index (χ2v) is 6.70. The zero-order chi connectivity index (χ0) is 21.9. The summed E-state index contributed by atoms with van der Waals surface area (Å²) in [4.78, 5) is 19.3. The van der Waals surface area contributed by atoms with Gasteiger partial charge < -0.3 is 14.6 Å². The van der Waals surface area contributed by atoms with E-state index in [1.165, 1.54) is 6.07 Å². The summed E-state index contributed by atoms with van der Waals surface area (Å²) in [5.74, 6) is -2.93. The SMILES string of the molecule is O=C(NCc1nc(C(F)(F)F)no1)c1cnc(OCC(F)(F)F)c(C2CCCC2)c1. The van der Waals surface area contributed by atoms with Crippen molar-refractivity contribution in [2.24, 2.45) is 0 Å². The van der Waals surface area contributed by atoms with Crippen molar-refractivity contribution in [3.8, 4) is 5.88 Å². The molecule has 7 nitrogen and oxygen atoms in total. The second kappa shape index (κ2) is 8.48. The highest BCUT2D eigenvalue weighted by Crippen LogP contribution is 2.38. The number of alkyl halides is 6. The molecule has 1 N–H and O–H groups in total. The molecule has 1 saturated carbocycles. The topological polar surface area (TPSA) is 90.1 Å². The molecule has 0 atom stereocenters. The average Bonchev–Trinajstić information content (AvgIpc) is 3.35. The molecule has 164 valence electrons. The second-order valence-electron chi connectivity index (χ2n) is 6.70. The van der Waals surface area contributed by atoms with Gasteiger partial charge in [-0.05, 0) is 24.8 Å². The summed E-state index contributed by atoms with van der Waals surface area (Å²) in [7, 11) is 0. The molecule has 0 unspecified atom stereocenters. The molecule has 1 aliphatic rings. The van der Waals surface area contributed by atoms with E-state index in [0.717, 1.165) is 31.9 Å². The van der Waals surface area contributed by atoms with Gasteiger partial charge in [0.15, 0.2) is 6.61 Å². The lowest BCUT2D eigenvalue weighted by Crippen LogP contribution is -2.24. The summed E-state index contributed by atoms with van der Waals surface area (Å²) in [6, 6.07) is 1.39. The van der Waals surface area contributed by atoms with Crippen LogP contribution in [0.15, 0.2) is 16.8 Å². The summed E-state index contributed by atoms with van der Waals surface area (Å²) in [5.41, 5.74) is 0.411. The molecule has 2 aromatic rings. The predicted molar refractivity (Wildman–Crippen MR) is 87.5 cm³/mol. The van der Waals surface area contributed by atoms with E-state index in [0.29, 0.717) is 5.56 Å². The lowest BCUT2D eigenvalue weighted by atomic mass is 9.97. The Balaban J connectivity index is 1.72. The van der Waals surface area contributed by atoms with E-state index in [4.69, 9.17) is 4.74 Å². The van der Waals surface area contributed by atoms with Gasteiger partial charge in [0.2, 0.25) is 11.8 Å². The lowest BCUT2D eigenvalue weighted by Gasteiger charge is -2.17. The first-order valence-electron chi connectivity index (χ1n) is 8.90. The molecule has 2 heterocycles. The van der Waals surface area contributed by atoms with E-state index in [1.54, 1.807) is 0 Å². The molecule has 0 radical (unpaired) electrons. The Labute approximate surface area is 165 Å². The minimum absolute atomic E-state index is 0.0202. The van der Waals surface area contributed by atoms with Crippen molar-refractivity contribution in [3.63, 3.8) is 0 Å². The maximum absolute atomic E-state index is 12.5. The number of hydrogen-bond acceptors (Lipinski definition) is 6. The number of rotatable bonds is 6. The number of nitrogens with zero attached hydrogens (tertiary/aromatic N) is 3. The van der Waals surface area contributed by atoms with Gasteiger partial charge in [-0.2, -0.15) is 31.3 Å². The molecule has 13 heteroatoms. The lowest BCUT2D eigenvalue weighted by molar-refractivity contribution is -0.154. The smallest absolute Gasteiger partial charge is 0.455 e. The number of amides is 1. The molecule has 1 amide bonds. The average molecular weight is 438 g/mol. The van der Waals surface area contributed by atoms with Crippen LogP contribution in [-0.4, -0.2) is 33.8 Å². The van der Waals surface area contributed by atoms with Crippen molar-refractivity contribution < 1.29 is 40.4 Å². The Kier molecular flexibility index (Phi) is 6.17. The van der Waals surface area contributed by atoms with Crippen LogP contribution in [0.4, 0.5) is 26.3 Å². The Bertz CT molecular complexity index is 890. The molecule has 1 aliphatic carbocycles. The Morgan fingerprint density at radius 2 is 1.90 bits per heavy atom. The zero-order valence-electron chi connectivity index (χ0n) is 15.3. The third kappa shape index (κ3) is 5.60. The van der Waals surface area contributed by atoms with Gasteiger partial charge in [-0.3, -0.25) is 4.79 Å². The van der Waals surface area contributed by atoms with Crippen LogP contribution in [0.5, 0.6) is 5.88 Å². The fourth-order valence-electron chi connectivity index (χ4n) is 3.09. The van der Waals surface area contributed by atoms with E-state index < -0.39 is 43.1 Å². The Morgan fingerprint density at radius 1 is 1.20 bits per heavy atom. The predicted octanol–water partition coefficient (Wildman–Crippen LogP) is 4.01. The standard InChI is InChI=1S/C17H16F6N4O3/c18-16(19,20)8-29-14-11(9-3-1-2-4-9)5-10(6-25-14)13(28)24-7-12-26-15(27-30-12)17(21,22)23/h5-6,9H,1-4,7-8H2,(H,24,28). The van der Waals surface area contributed by atoms with Gasteiger partial charge in [0.1, 0.15) is 0 Å². The molecule has 2 aromatic heterocycles. The fourth-order valence-corrected chi connectivity index (χ4v) is 3.09. The quantitative estimate of drug-likeness (QED) is 0.686. The first-order chi connectivity index (χ1) is 14.0. The van der Waals surface area contributed by atoms with E-state index in [2.05, 4.69) is 25.0 Å². The highest BCUT2D eigenvalue weighted by molar-refractivity contribution is 5.94. The van der Waals surface area contributed by atoms with Crippen LogP contribution in [-0.2, 0) is 12.7 Å². The first-order valence-corrected chi connectivity index (χ1v) is 8.90. The number of hydrogen-bond donors (Lipinski definition) is 1. The highest BCUT2D eigenvalue weighted by Gasteiger charge is 2.37. The third-order valence-corrected chi connectivity index (χ3v) is 4.43. The maximum atomic E-state index is 12.5. The van der Waals surface area contributed by atoms with Gasteiger partial charge in [0, 0.05) is 11.8 Å². The van der Waals surface area contributed by atoms with Gasteiger partial charge in [-0.25, -0.2) is 4.98 Å². The molecular formula is C17H16F6N4O3. The number of carbonyl (C=O) groups is 1. The minimum Gasteiger partial charge on any atom is -0.468 e. The van der Waals surface area contributed by atoms with Crippen molar-refractivity contribution in [1.82, 2.24) is 20.4 Å². The van der Waals surface area contributed by atoms with Crippen LogP contribution in [0.25, 0.3) is 0 Å². The van der Waals surface area contributed by atoms with Crippen LogP contribution >= 0.6 is 0 Å². The van der Waals surface area contributed by atoms with E-state index in [1.807, 2.05) is 0 Å². The minimum atomic E-state index is -4.78. The van der Waals surface area contributed by atoms with Gasteiger partial charge in [-0.15, -0.1) is 0 Å². The normalized spacial score (nSPS) is 15.4. The molecule has 0 aromatic carbocycles. The molecule has 0 bridgehead atoms. The van der Waals surface area contributed by atoms with Gasteiger partial charge >= 0.3 is 12.4 Å². The summed E-state index contributed by atoms with van der Waals surface area (Å²) in [6.45, 7) is -1.98. The third-order valence-electron chi connectivity index (χ3n) is 4.43. The zero-order valence-corrected chi connectivity index (χ0v) is 15.3. The number of carbonyl (C=O) groups excluding carboxylic acids is 1. The van der Waals surface area contributed by atoms with Gasteiger partial charge in [-0.1, -0.05) is 18.0 Å². The van der Waals surface area contributed by atoms with Crippen molar-refractivity contribution in [3.05, 3.63) is 35.1 Å². The Morgan fingerprint density at radius 3 is 2.50 bits per heavy atom. The number of ether oxygens (including phenoxy) is 1. The van der Waals surface area contributed by atoms with E-state index >= 15 is 0 Å². The van der Waals surface area contributed by atoms with Crippen LogP contribution in [0, 0.1) is 0 Å². The van der Waals surface area contributed by atoms with Crippen LogP contribution in [0.2, 0.25) is 0 Å². The van der Waals surface area contributed by atoms with Crippen molar-refractivity contribution >= 4 is 5.91 Å². The van der Waals surface area contributed by atoms with Crippen molar-refractivity contribution in [2.75, 3.05) is 6.61 Å². The van der Waals surface area contributed by atoms with Gasteiger partial charge in [0.05, 0.1) is 12.1 Å². The number of aromatic nitrogens is 3. The molecular weight excluding hydrogens is 422 g/mol. The summed E-state index contributed by atoms with van der Waals surface area (Å²) >= 11 is 0. The molecule has 0 saturated heterocycles. The monoisotopic (exact) mass is 438 g/mol. The maximum Gasteiger partial charge on any atom is 0.455 e. The molecule has 30 heavy (non-hydrogen) atoms. The van der Waals surface area contributed by atoms with E-state index in [-0.39, 0.29) is 17.4 Å². The van der Waals surface area contributed by atoms with Crippen molar-refractivity contribution in [1.29, 1.82) is 0 Å². The molecule has 1 fully saturated rings. The highest BCUT2D eigenvalue weighted by atomic mass is 19.4. The molecule has 0 aliphatic heterocycles. The summed E-state index contributed by atoms with van der Waals surface area (Å²) < 4.78 is 84.1. The molecule has 3 rings (SSSR count). The van der Waals surface area contributed by atoms with Crippen molar-refractivity contribution in [2.45, 2.75) is 50.5 Å². The Hall–Kier alpha value is -2.86. The number of nitrogens with one attached hydrogen (secondary N) is 1. The van der Waals surface area contributed by atoms with Crippen LogP contribution < -0.4 is 10.1 Å². The summed E-state index contributed by atoms with van der Waals surface area (Å²) in [6.07, 6.45) is -5.07. The van der Waals surface area contributed by atoms with Crippen LogP contribution in [0.1, 0.15) is 59.2 Å². The first kappa shape index (κ1) is 21.8. The number of pyridine rings is 1. The fraction of sp³-hybridized carbons (Fsp3) is 0.529. The van der Waals surface area contributed by atoms with Crippen LogP contribution in [0.3, 0.4) is 0 Å². The number of halogens is 6. The molecule has 0 spiro atoms.